The first-order valence-corrected chi connectivity index (χ1v) is 8.27. The van der Waals surface area contributed by atoms with Gasteiger partial charge >= 0.3 is 12.1 Å². The van der Waals surface area contributed by atoms with E-state index in [1.807, 2.05) is 0 Å². The number of nitrogens with one attached hydrogen (secondary N) is 2. The maximum atomic E-state index is 13.1. The first kappa shape index (κ1) is 21.9. The molecule has 0 aliphatic carbocycles. The Kier molecular flexibility index (Phi) is 6.92. The second-order valence-electron chi connectivity index (χ2n) is 5.89. The lowest BCUT2D eigenvalue weighted by Gasteiger charge is -2.14. The third-order valence-corrected chi connectivity index (χ3v) is 3.64. The summed E-state index contributed by atoms with van der Waals surface area (Å²) in [6, 6.07) is 8.55. The third-order valence-electron chi connectivity index (χ3n) is 3.64. The third kappa shape index (κ3) is 6.59. The van der Waals surface area contributed by atoms with Crippen molar-refractivity contribution in [3.05, 3.63) is 65.5 Å². The number of rotatable bonds is 6. The van der Waals surface area contributed by atoms with Crippen LogP contribution in [0.4, 0.5) is 23.2 Å². The molecule has 0 aliphatic heterocycles. The highest BCUT2D eigenvalue weighted by molar-refractivity contribution is 5.97. The molecule has 2 rings (SSSR count). The van der Waals surface area contributed by atoms with E-state index >= 15 is 0 Å². The summed E-state index contributed by atoms with van der Waals surface area (Å²) in [5, 5.41) is 4.53. The highest BCUT2D eigenvalue weighted by Gasteiger charge is 2.30. The maximum Gasteiger partial charge on any atom is 0.416 e. The van der Waals surface area contributed by atoms with Gasteiger partial charge in [0, 0.05) is 11.3 Å². The van der Waals surface area contributed by atoms with Gasteiger partial charge in [0.05, 0.1) is 5.56 Å². The molecular weight excluding hydrogens is 396 g/mol. The van der Waals surface area contributed by atoms with Crippen molar-refractivity contribution in [2.75, 3.05) is 11.9 Å². The lowest BCUT2D eigenvalue weighted by Crippen LogP contribution is -2.35. The minimum Gasteiger partial charge on any atom is -0.451 e. The molecule has 1 atom stereocenters. The van der Waals surface area contributed by atoms with E-state index in [2.05, 4.69) is 10.6 Å². The van der Waals surface area contributed by atoms with Gasteiger partial charge in [0.2, 0.25) is 0 Å². The van der Waals surface area contributed by atoms with E-state index in [-0.39, 0.29) is 11.3 Å². The molecule has 2 amide bonds. The molecule has 0 radical (unpaired) electrons. The highest BCUT2D eigenvalue weighted by atomic mass is 19.4. The predicted molar refractivity (Wildman–Crippen MR) is 94.4 cm³/mol. The van der Waals surface area contributed by atoms with E-state index in [0.29, 0.717) is 0 Å². The minimum absolute atomic E-state index is 0.00546. The van der Waals surface area contributed by atoms with Crippen LogP contribution in [0.15, 0.2) is 48.5 Å². The molecule has 0 saturated carbocycles. The Labute approximate surface area is 162 Å². The minimum atomic E-state index is -4.50. The molecule has 0 fully saturated rings. The van der Waals surface area contributed by atoms with Gasteiger partial charge in [-0.05, 0) is 49.4 Å². The van der Waals surface area contributed by atoms with Crippen LogP contribution in [0.1, 0.15) is 22.8 Å². The molecule has 2 aromatic carbocycles. The molecule has 0 spiro atoms. The van der Waals surface area contributed by atoms with Gasteiger partial charge in [-0.2, -0.15) is 13.2 Å². The number of halogens is 4. The van der Waals surface area contributed by atoms with Crippen molar-refractivity contribution in [2.24, 2.45) is 0 Å². The maximum absolute atomic E-state index is 13.1. The average molecular weight is 412 g/mol. The fourth-order valence-corrected chi connectivity index (χ4v) is 2.16. The summed E-state index contributed by atoms with van der Waals surface area (Å²) in [6.07, 6.45) is -5.77. The van der Waals surface area contributed by atoms with E-state index in [1.54, 1.807) is 0 Å². The van der Waals surface area contributed by atoms with E-state index < -0.39 is 48.0 Å². The summed E-state index contributed by atoms with van der Waals surface area (Å²) in [5.41, 5.74) is -0.778. The lowest BCUT2D eigenvalue weighted by molar-refractivity contribution is -0.152. The van der Waals surface area contributed by atoms with Crippen molar-refractivity contribution in [1.82, 2.24) is 5.32 Å². The monoisotopic (exact) mass is 412 g/mol. The zero-order valence-electron chi connectivity index (χ0n) is 15.0. The summed E-state index contributed by atoms with van der Waals surface area (Å²) < 4.78 is 55.5. The Bertz CT molecular complexity index is 898. The molecular formula is C19H16F4N2O4. The summed E-state index contributed by atoms with van der Waals surface area (Å²) in [5.74, 6) is -3.02. The van der Waals surface area contributed by atoms with Crippen LogP contribution in [0.25, 0.3) is 0 Å². The highest BCUT2D eigenvalue weighted by Crippen LogP contribution is 2.29. The van der Waals surface area contributed by atoms with Crippen molar-refractivity contribution >= 4 is 23.5 Å². The first-order chi connectivity index (χ1) is 13.6. The second-order valence-corrected chi connectivity index (χ2v) is 5.89. The number of carbonyl (C=O) groups is 3. The fourth-order valence-electron chi connectivity index (χ4n) is 2.16. The Morgan fingerprint density at radius 2 is 1.72 bits per heavy atom. The van der Waals surface area contributed by atoms with E-state index in [1.165, 1.54) is 19.1 Å². The average Bonchev–Trinajstić information content (AvgIpc) is 2.65. The van der Waals surface area contributed by atoms with Gasteiger partial charge in [-0.1, -0.05) is 6.07 Å². The Balaban J connectivity index is 1.82. The molecule has 0 unspecified atom stereocenters. The second kappa shape index (κ2) is 9.18. The fraction of sp³-hybridized carbons (Fsp3) is 0.211. The molecule has 29 heavy (non-hydrogen) atoms. The van der Waals surface area contributed by atoms with Crippen LogP contribution in [0.3, 0.4) is 0 Å². The van der Waals surface area contributed by atoms with Gasteiger partial charge in [-0.15, -0.1) is 0 Å². The van der Waals surface area contributed by atoms with Crippen LogP contribution < -0.4 is 10.6 Å². The zero-order valence-corrected chi connectivity index (χ0v) is 15.0. The van der Waals surface area contributed by atoms with Crippen LogP contribution >= 0.6 is 0 Å². The Morgan fingerprint density at radius 1 is 1.07 bits per heavy atom. The number of anilines is 1. The predicted octanol–water partition coefficient (Wildman–Crippen LogP) is 3.14. The van der Waals surface area contributed by atoms with Crippen LogP contribution in [-0.2, 0) is 20.5 Å². The van der Waals surface area contributed by atoms with Crippen LogP contribution in [0.5, 0.6) is 0 Å². The summed E-state index contributed by atoms with van der Waals surface area (Å²) in [6.45, 7) is 0.693. The van der Waals surface area contributed by atoms with Gasteiger partial charge < -0.3 is 15.4 Å². The summed E-state index contributed by atoms with van der Waals surface area (Å²) in [7, 11) is 0. The molecule has 0 saturated heterocycles. The van der Waals surface area contributed by atoms with E-state index in [0.717, 1.165) is 36.4 Å². The molecule has 0 bridgehead atoms. The van der Waals surface area contributed by atoms with Gasteiger partial charge in [0.1, 0.15) is 12.4 Å². The normalized spacial score (nSPS) is 12.0. The van der Waals surface area contributed by atoms with Gasteiger partial charge in [0.25, 0.3) is 11.8 Å². The Morgan fingerprint density at radius 3 is 2.31 bits per heavy atom. The molecule has 0 aliphatic rings. The van der Waals surface area contributed by atoms with Crippen LogP contribution in [0.2, 0.25) is 0 Å². The SMILES string of the molecule is C[C@@H](OC(=O)CNC(=O)c1cccc(F)c1)C(=O)Nc1ccc(C(F)(F)F)cc1. The number of ether oxygens (including phenoxy) is 1. The lowest BCUT2D eigenvalue weighted by atomic mass is 10.2. The smallest absolute Gasteiger partial charge is 0.416 e. The number of carbonyl (C=O) groups excluding carboxylic acids is 3. The van der Waals surface area contributed by atoms with E-state index in [9.17, 15) is 31.9 Å². The number of hydrogen-bond acceptors (Lipinski definition) is 4. The molecule has 0 aromatic heterocycles. The van der Waals surface area contributed by atoms with Crippen molar-refractivity contribution in [2.45, 2.75) is 19.2 Å². The van der Waals surface area contributed by atoms with E-state index in [4.69, 9.17) is 4.74 Å². The number of hydrogen-bond donors (Lipinski definition) is 2. The number of esters is 1. The Hall–Kier alpha value is -3.43. The topological polar surface area (TPSA) is 84.5 Å². The molecule has 6 nitrogen and oxygen atoms in total. The number of amides is 2. The van der Waals surface area contributed by atoms with Gasteiger partial charge in [0.15, 0.2) is 6.10 Å². The molecule has 154 valence electrons. The van der Waals surface area contributed by atoms with Gasteiger partial charge in [-0.25, -0.2) is 4.39 Å². The van der Waals surface area contributed by atoms with Crippen molar-refractivity contribution in [1.29, 1.82) is 0 Å². The molecule has 2 aromatic rings. The number of benzene rings is 2. The van der Waals surface area contributed by atoms with Crippen molar-refractivity contribution in [3.8, 4) is 0 Å². The quantitative estimate of drug-likeness (QED) is 0.564. The van der Waals surface area contributed by atoms with Crippen molar-refractivity contribution in [3.63, 3.8) is 0 Å². The first-order valence-electron chi connectivity index (χ1n) is 8.27. The van der Waals surface area contributed by atoms with Crippen LogP contribution in [0, 0.1) is 5.82 Å². The standard InChI is InChI=1S/C19H16F4N2O4/c1-11(17(27)25-15-7-5-13(6-8-15)19(21,22)23)29-16(26)10-24-18(28)12-3-2-4-14(20)9-12/h2-9,11H,10H2,1H3,(H,24,28)(H,25,27)/t11-/m1/s1. The molecule has 0 heterocycles. The van der Waals surface area contributed by atoms with Crippen LogP contribution in [-0.4, -0.2) is 30.4 Å². The van der Waals surface area contributed by atoms with Gasteiger partial charge in [-0.3, -0.25) is 14.4 Å². The zero-order chi connectivity index (χ0) is 21.6. The molecule has 2 N–H and O–H groups in total. The summed E-state index contributed by atoms with van der Waals surface area (Å²) in [4.78, 5) is 35.6. The van der Waals surface area contributed by atoms with Crippen molar-refractivity contribution < 1.29 is 36.7 Å². The molecule has 10 heteroatoms. The summed E-state index contributed by atoms with van der Waals surface area (Å²) >= 11 is 0. The number of alkyl halides is 3. The largest absolute Gasteiger partial charge is 0.451 e.